The second-order valence-corrected chi connectivity index (χ2v) is 5.24. The van der Waals surface area contributed by atoms with Gasteiger partial charge in [0.2, 0.25) is 0 Å². The Balaban J connectivity index is 1.81. The molecule has 1 aliphatic rings. The van der Waals surface area contributed by atoms with Gasteiger partial charge < -0.3 is 15.4 Å². The van der Waals surface area contributed by atoms with Crippen LogP contribution in [-0.4, -0.2) is 32.2 Å². The summed E-state index contributed by atoms with van der Waals surface area (Å²) in [6.07, 6.45) is 1.07. The number of nitrogens with zero attached hydrogens (tertiary/aromatic N) is 1. The van der Waals surface area contributed by atoms with Crippen molar-refractivity contribution in [3.05, 3.63) is 27.2 Å². The van der Waals surface area contributed by atoms with Crippen molar-refractivity contribution in [2.75, 3.05) is 26.2 Å². The molecule has 0 fully saturated rings. The van der Waals surface area contributed by atoms with Crippen LogP contribution in [0.2, 0.25) is 15.1 Å². The van der Waals surface area contributed by atoms with Crippen molar-refractivity contribution >= 4 is 40.8 Å². The predicted octanol–water partition coefficient (Wildman–Crippen LogP) is 2.96. The van der Waals surface area contributed by atoms with Crippen LogP contribution in [0.4, 0.5) is 0 Å². The highest BCUT2D eigenvalue weighted by atomic mass is 35.5. The molecular weight excluding hydrogens is 309 g/mol. The van der Waals surface area contributed by atoms with Gasteiger partial charge in [0.15, 0.2) is 11.7 Å². The van der Waals surface area contributed by atoms with Crippen LogP contribution in [0.5, 0.6) is 5.75 Å². The third-order valence-corrected chi connectivity index (χ3v) is 3.28. The number of halogens is 3. The summed E-state index contributed by atoms with van der Waals surface area (Å²) in [5.41, 5.74) is 0. The molecule has 0 unspecified atom stereocenters. The Morgan fingerprint density at radius 1 is 1.26 bits per heavy atom. The number of guanidine groups is 1. The van der Waals surface area contributed by atoms with Gasteiger partial charge in [-0.2, -0.15) is 0 Å². The molecule has 0 saturated heterocycles. The summed E-state index contributed by atoms with van der Waals surface area (Å²) in [5.74, 6) is 1.26. The molecule has 0 amide bonds. The Hall–Kier alpha value is -0.840. The van der Waals surface area contributed by atoms with Crippen molar-refractivity contribution in [1.82, 2.24) is 10.6 Å². The van der Waals surface area contributed by atoms with Crippen molar-refractivity contribution in [3.63, 3.8) is 0 Å². The Morgan fingerprint density at radius 3 is 2.63 bits per heavy atom. The van der Waals surface area contributed by atoms with Crippen LogP contribution in [0.25, 0.3) is 0 Å². The Kier molecular flexibility index (Phi) is 5.43. The Morgan fingerprint density at radius 2 is 2.00 bits per heavy atom. The number of nitrogens with one attached hydrogen (secondary N) is 2. The maximum Gasteiger partial charge on any atom is 0.191 e. The van der Waals surface area contributed by atoms with E-state index in [0.29, 0.717) is 34.0 Å². The molecule has 4 nitrogen and oxygen atoms in total. The topological polar surface area (TPSA) is 45.6 Å². The molecule has 19 heavy (non-hydrogen) atoms. The monoisotopic (exact) mass is 321 g/mol. The second-order valence-electron chi connectivity index (χ2n) is 3.98. The number of benzene rings is 1. The lowest BCUT2D eigenvalue weighted by Crippen LogP contribution is -2.42. The maximum absolute atomic E-state index is 6.01. The number of hydrogen-bond acceptors (Lipinski definition) is 4. The van der Waals surface area contributed by atoms with E-state index in [1.807, 2.05) is 0 Å². The van der Waals surface area contributed by atoms with Crippen molar-refractivity contribution in [2.45, 2.75) is 6.42 Å². The highest BCUT2D eigenvalue weighted by Crippen LogP contribution is 2.35. The summed E-state index contributed by atoms with van der Waals surface area (Å²) in [7, 11) is 0. The molecule has 7 heteroatoms. The van der Waals surface area contributed by atoms with Crippen LogP contribution in [0.3, 0.4) is 0 Å². The summed E-state index contributed by atoms with van der Waals surface area (Å²) in [4.78, 5) is 4.29. The van der Waals surface area contributed by atoms with Crippen LogP contribution in [-0.2, 0) is 0 Å². The molecule has 0 aliphatic carbocycles. The molecule has 0 saturated carbocycles. The Labute approximate surface area is 127 Å². The zero-order chi connectivity index (χ0) is 13.7. The summed E-state index contributed by atoms with van der Waals surface area (Å²) in [6, 6.07) is 3.20. The molecule has 0 spiro atoms. The third kappa shape index (κ3) is 4.34. The lowest BCUT2D eigenvalue weighted by Gasteiger charge is -2.16. The second kappa shape index (κ2) is 7.08. The fourth-order valence-corrected chi connectivity index (χ4v) is 2.57. The minimum Gasteiger partial charge on any atom is -0.489 e. The van der Waals surface area contributed by atoms with Gasteiger partial charge in [-0.05, 0) is 18.6 Å². The van der Waals surface area contributed by atoms with Crippen LogP contribution >= 0.6 is 34.8 Å². The molecule has 0 radical (unpaired) electrons. The number of rotatable bonds is 4. The minimum absolute atomic E-state index is 0.408. The quantitative estimate of drug-likeness (QED) is 0.838. The smallest absolute Gasteiger partial charge is 0.191 e. The van der Waals surface area contributed by atoms with E-state index in [0.717, 1.165) is 25.5 Å². The van der Waals surface area contributed by atoms with Gasteiger partial charge in [0.05, 0.1) is 16.6 Å². The lowest BCUT2D eigenvalue weighted by atomic mass is 10.3. The van der Waals surface area contributed by atoms with E-state index >= 15 is 0 Å². The molecule has 1 heterocycles. The standard InChI is InChI=1S/C12H14Cl3N3O/c13-8-6-9(14)11(10(15)7-8)19-5-4-18-12-16-2-1-3-17-12/h6-7H,1-5H2,(H2,16,17,18). The van der Waals surface area contributed by atoms with E-state index in [4.69, 9.17) is 39.5 Å². The van der Waals surface area contributed by atoms with Crippen LogP contribution in [0.1, 0.15) is 6.42 Å². The third-order valence-electron chi connectivity index (χ3n) is 2.50. The van der Waals surface area contributed by atoms with Gasteiger partial charge in [0, 0.05) is 18.1 Å². The molecule has 0 bridgehead atoms. The summed E-state index contributed by atoms with van der Waals surface area (Å²) in [5, 5.41) is 7.61. The van der Waals surface area contributed by atoms with Crippen LogP contribution in [0, 0.1) is 0 Å². The van der Waals surface area contributed by atoms with E-state index < -0.39 is 0 Å². The average molecular weight is 323 g/mol. The fourth-order valence-electron chi connectivity index (χ4n) is 1.64. The van der Waals surface area contributed by atoms with E-state index in [9.17, 15) is 0 Å². The molecule has 1 aromatic carbocycles. The highest BCUT2D eigenvalue weighted by Gasteiger charge is 2.09. The first-order chi connectivity index (χ1) is 9.16. The van der Waals surface area contributed by atoms with Crippen molar-refractivity contribution in [3.8, 4) is 5.75 Å². The summed E-state index contributed by atoms with van der Waals surface area (Å²) >= 11 is 17.8. The van der Waals surface area contributed by atoms with Gasteiger partial charge in [-0.25, -0.2) is 0 Å². The zero-order valence-corrected chi connectivity index (χ0v) is 12.4. The van der Waals surface area contributed by atoms with E-state index in [2.05, 4.69) is 15.6 Å². The van der Waals surface area contributed by atoms with Crippen molar-refractivity contribution in [1.29, 1.82) is 0 Å². The molecule has 2 N–H and O–H groups in total. The van der Waals surface area contributed by atoms with Gasteiger partial charge in [-0.15, -0.1) is 0 Å². The van der Waals surface area contributed by atoms with Crippen LogP contribution in [0.15, 0.2) is 17.1 Å². The number of hydrogen-bond donors (Lipinski definition) is 2. The van der Waals surface area contributed by atoms with Gasteiger partial charge >= 0.3 is 0 Å². The normalized spacial score (nSPS) is 14.6. The fraction of sp³-hybridized carbons (Fsp3) is 0.417. The summed E-state index contributed by atoms with van der Waals surface area (Å²) in [6.45, 7) is 2.84. The molecular formula is C12H14Cl3N3O. The molecule has 1 aliphatic heterocycles. The first-order valence-electron chi connectivity index (χ1n) is 5.96. The predicted molar refractivity (Wildman–Crippen MR) is 79.9 cm³/mol. The van der Waals surface area contributed by atoms with E-state index in [-0.39, 0.29) is 0 Å². The summed E-state index contributed by atoms with van der Waals surface area (Å²) < 4.78 is 5.55. The van der Waals surface area contributed by atoms with Gasteiger partial charge in [0.25, 0.3) is 0 Å². The maximum atomic E-state index is 6.01. The van der Waals surface area contributed by atoms with Gasteiger partial charge in [-0.1, -0.05) is 34.8 Å². The molecule has 0 atom stereocenters. The minimum atomic E-state index is 0.408. The zero-order valence-electron chi connectivity index (χ0n) is 10.2. The van der Waals surface area contributed by atoms with E-state index in [1.54, 1.807) is 12.1 Å². The highest BCUT2D eigenvalue weighted by molar-refractivity contribution is 6.40. The van der Waals surface area contributed by atoms with Gasteiger partial charge in [-0.3, -0.25) is 4.99 Å². The molecule has 1 aromatic rings. The lowest BCUT2D eigenvalue weighted by molar-refractivity contribution is 0.322. The van der Waals surface area contributed by atoms with Crippen molar-refractivity contribution < 1.29 is 4.74 Å². The van der Waals surface area contributed by atoms with Crippen molar-refractivity contribution in [2.24, 2.45) is 4.99 Å². The number of aliphatic imine (C=N–C) groups is 1. The largest absolute Gasteiger partial charge is 0.489 e. The molecule has 0 aromatic heterocycles. The van der Waals surface area contributed by atoms with Gasteiger partial charge in [0.1, 0.15) is 6.61 Å². The van der Waals surface area contributed by atoms with E-state index in [1.165, 1.54) is 0 Å². The number of ether oxygens (including phenoxy) is 1. The molecule has 2 rings (SSSR count). The molecule has 104 valence electrons. The first-order valence-corrected chi connectivity index (χ1v) is 7.10. The SMILES string of the molecule is Clc1cc(Cl)c(OCCNC2=NCCCN2)c(Cl)c1. The Bertz CT molecular complexity index is 456. The van der Waals surface area contributed by atoms with Crippen LogP contribution < -0.4 is 15.4 Å². The first kappa shape index (κ1) is 14.6. The average Bonchev–Trinajstić information content (AvgIpc) is 2.38.